The smallest absolute Gasteiger partial charge is 0.119 e. The molecule has 7 atom stereocenters. The van der Waals surface area contributed by atoms with E-state index >= 15 is 0 Å². The standard InChI is InChI=1S/C20H27FO2/c1-11-7-17-15-6-4-14(23-2)8-12(15)3-5-16(17)18-9-13(21)10-19(22)20(11)18/h4,6,8,11,13,16-20,22H,3,5,7,9-10H2,1-2H3/t11-,13+,16-,17-,18+,19+,20?/m1/s1. The molecule has 0 spiro atoms. The number of benzene rings is 1. The maximum atomic E-state index is 14.1. The van der Waals surface area contributed by atoms with Crippen molar-refractivity contribution in [1.82, 2.24) is 0 Å². The van der Waals surface area contributed by atoms with Gasteiger partial charge in [-0.15, -0.1) is 0 Å². The molecule has 0 bridgehead atoms. The molecule has 2 nitrogen and oxygen atoms in total. The number of alkyl halides is 1. The Labute approximate surface area is 138 Å². The van der Waals surface area contributed by atoms with Gasteiger partial charge in [0.15, 0.2) is 0 Å². The van der Waals surface area contributed by atoms with E-state index in [4.69, 9.17) is 4.74 Å². The van der Waals surface area contributed by atoms with Gasteiger partial charge in [-0.3, -0.25) is 0 Å². The molecule has 1 aromatic carbocycles. The van der Waals surface area contributed by atoms with Crippen LogP contribution in [0.15, 0.2) is 18.2 Å². The molecule has 0 heterocycles. The first-order chi connectivity index (χ1) is 11.1. The van der Waals surface area contributed by atoms with Crippen LogP contribution in [0.2, 0.25) is 0 Å². The van der Waals surface area contributed by atoms with Crippen molar-refractivity contribution in [2.75, 3.05) is 7.11 Å². The summed E-state index contributed by atoms with van der Waals surface area (Å²) in [5.41, 5.74) is 2.85. The summed E-state index contributed by atoms with van der Waals surface area (Å²) in [6.45, 7) is 2.26. The van der Waals surface area contributed by atoms with E-state index < -0.39 is 12.3 Å². The fourth-order valence-corrected chi connectivity index (χ4v) is 5.93. The van der Waals surface area contributed by atoms with Crippen molar-refractivity contribution in [1.29, 1.82) is 0 Å². The average molecular weight is 318 g/mol. The maximum absolute atomic E-state index is 14.1. The summed E-state index contributed by atoms with van der Waals surface area (Å²) < 4.78 is 19.5. The lowest BCUT2D eigenvalue weighted by molar-refractivity contribution is -0.0791. The van der Waals surface area contributed by atoms with Gasteiger partial charge in [0.1, 0.15) is 11.9 Å². The Balaban J connectivity index is 1.68. The number of halogens is 1. The number of fused-ring (bicyclic) bond motifs is 5. The average Bonchev–Trinajstić information content (AvgIpc) is 2.53. The largest absolute Gasteiger partial charge is 0.497 e. The second-order valence-corrected chi connectivity index (χ2v) is 7.96. The molecule has 4 rings (SSSR count). The Hall–Kier alpha value is -1.09. The summed E-state index contributed by atoms with van der Waals surface area (Å²) in [4.78, 5) is 0. The van der Waals surface area contributed by atoms with E-state index in [0.29, 0.717) is 42.4 Å². The summed E-state index contributed by atoms with van der Waals surface area (Å²) in [5.74, 6) is 3.10. The molecule has 0 aliphatic heterocycles. The molecular weight excluding hydrogens is 291 g/mol. The van der Waals surface area contributed by atoms with Gasteiger partial charge < -0.3 is 9.84 Å². The number of aliphatic hydroxyl groups excluding tert-OH is 1. The molecule has 2 fully saturated rings. The summed E-state index contributed by atoms with van der Waals surface area (Å²) in [6.07, 6.45) is 3.02. The van der Waals surface area contributed by atoms with Crippen molar-refractivity contribution in [3.63, 3.8) is 0 Å². The zero-order chi connectivity index (χ0) is 16.1. The maximum Gasteiger partial charge on any atom is 0.119 e. The third-order valence-electron chi connectivity index (χ3n) is 6.81. The third-order valence-corrected chi connectivity index (χ3v) is 6.81. The highest BCUT2D eigenvalue weighted by Crippen LogP contribution is 2.56. The van der Waals surface area contributed by atoms with Crippen molar-refractivity contribution < 1.29 is 14.2 Å². The van der Waals surface area contributed by atoms with Gasteiger partial charge >= 0.3 is 0 Å². The van der Waals surface area contributed by atoms with Gasteiger partial charge in [0, 0.05) is 6.42 Å². The summed E-state index contributed by atoms with van der Waals surface area (Å²) in [6, 6.07) is 6.46. The van der Waals surface area contributed by atoms with Gasteiger partial charge in [-0.05, 0) is 78.5 Å². The molecule has 0 saturated heterocycles. The van der Waals surface area contributed by atoms with E-state index in [1.165, 1.54) is 11.1 Å². The van der Waals surface area contributed by atoms with Gasteiger partial charge in [0.25, 0.3) is 0 Å². The zero-order valence-electron chi connectivity index (χ0n) is 14.0. The van der Waals surface area contributed by atoms with Gasteiger partial charge in [-0.1, -0.05) is 13.0 Å². The highest BCUT2D eigenvalue weighted by molar-refractivity contribution is 5.40. The first-order valence-corrected chi connectivity index (χ1v) is 9.07. The van der Waals surface area contributed by atoms with Crippen LogP contribution in [-0.4, -0.2) is 24.5 Å². The molecule has 0 aromatic heterocycles. The number of aryl methyl sites for hydroxylation is 1. The van der Waals surface area contributed by atoms with E-state index in [1.54, 1.807) is 7.11 Å². The molecule has 3 heteroatoms. The van der Waals surface area contributed by atoms with Crippen LogP contribution in [0.25, 0.3) is 0 Å². The minimum Gasteiger partial charge on any atom is -0.497 e. The molecule has 3 aliphatic carbocycles. The molecule has 1 unspecified atom stereocenters. The van der Waals surface area contributed by atoms with E-state index in [9.17, 15) is 9.50 Å². The second kappa shape index (κ2) is 5.77. The fraction of sp³-hybridized carbons (Fsp3) is 0.700. The molecule has 23 heavy (non-hydrogen) atoms. The van der Waals surface area contributed by atoms with Crippen LogP contribution in [-0.2, 0) is 6.42 Å². The number of methoxy groups -OCH3 is 1. The van der Waals surface area contributed by atoms with Gasteiger partial charge in [0.05, 0.1) is 13.2 Å². The first-order valence-electron chi connectivity index (χ1n) is 9.07. The summed E-state index contributed by atoms with van der Waals surface area (Å²) >= 11 is 0. The normalized spacial score (nSPS) is 42.3. The highest BCUT2D eigenvalue weighted by atomic mass is 19.1. The minimum atomic E-state index is -0.825. The molecule has 0 amide bonds. The van der Waals surface area contributed by atoms with Crippen LogP contribution >= 0.6 is 0 Å². The fourth-order valence-electron chi connectivity index (χ4n) is 5.93. The number of ether oxygens (including phenoxy) is 1. The van der Waals surface area contributed by atoms with E-state index in [1.807, 2.05) is 0 Å². The second-order valence-electron chi connectivity index (χ2n) is 7.96. The van der Waals surface area contributed by atoms with Crippen LogP contribution < -0.4 is 4.74 Å². The SMILES string of the molecule is COc1ccc2c(c1)CC[C@@H]1[C@@H]2C[C@@H](C)C2[C@H]1C[C@H](F)C[C@@H]2O. The first kappa shape index (κ1) is 15.4. The number of aliphatic hydroxyl groups is 1. The van der Waals surface area contributed by atoms with Crippen molar-refractivity contribution in [2.45, 2.75) is 57.2 Å². The van der Waals surface area contributed by atoms with E-state index in [0.717, 1.165) is 25.0 Å². The highest BCUT2D eigenvalue weighted by Gasteiger charge is 2.50. The predicted octanol–water partition coefficient (Wildman–Crippen LogP) is 4.11. The van der Waals surface area contributed by atoms with E-state index in [-0.39, 0.29) is 0 Å². The Morgan fingerprint density at radius 1 is 1.17 bits per heavy atom. The van der Waals surface area contributed by atoms with Crippen molar-refractivity contribution in [3.8, 4) is 5.75 Å². The molecule has 126 valence electrons. The van der Waals surface area contributed by atoms with E-state index in [2.05, 4.69) is 25.1 Å². The molecular formula is C20H27FO2. The van der Waals surface area contributed by atoms with Crippen molar-refractivity contribution in [3.05, 3.63) is 29.3 Å². The quantitative estimate of drug-likeness (QED) is 0.844. The number of hydrogen-bond acceptors (Lipinski definition) is 2. The lowest BCUT2D eigenvalue weighted by Crippen LogP contribution is -2.49. The molecule has 2 saturated carbocycles. The minimum absolute atomic E-state index is 0.294. The van der Waals surface area contributed by atoms with Crippen LogP contribution in [0.4, 0.5) is 4.39 Å². The third kappa shape index (κ3) is 2.48. The van der Waals surface area contributed by atoms with Gasteiger partial charge in [-0.25, -0.2) is 4.39 Å². The number of hydrogen-bond donors (Lipinski definition) is 1. The Bertz CT molecular complexity index is 587. The molecule has 1 N–H and O–H groups in total. The van der Waals surface area contributed by atoms with Crippen molar-refractivity contribution >= 4 is 0 Å². The van der Waals surface area contributed by atoms with Gasteiger partial charge in [0.2, 0.25) is 0 Å². The molecule has 3 aliphatic rings. The van der Waals surface area contributed by atoms with Crippen molar-refractivity contribution in [2.24, 2.45) is 23.7 Å². The topological polar surface area (TPSA) is 29.5 Å². The molecule has 1 aromatic rings. The Morgan fingerprint density at radius 3 is 2.78 bits per heavy atom. The predicted molar refractivity (Wildman–Crippen MR) is 88.4 cm³/mol. The monoisotopic (exact) mass is 318 g/mol. The summed E-state index contributed by atoms with van der Waals surface area (Å²) in [5, 5.41) is 10.4. The van der Waals surface area contributed by atoms with Crippen LogP contribution in [0.3, 0.4) is 0 Å². The Morgan fingerprint density at radius 2 is 2.00 bits per heavy atom. The Kier molecular flexibility index (Phi) is 3.87. The zero-order valence-corrected chi connectivity index (χ0v) is 14.0. The van der Waals surface area contributed by atoms with Crippen LogP contribution in [0, 0.1) is 23.7 Å². The van der Waals surface area contributed by atoms with Crippen LogP contribution in [0.1, 0.15) is 49.7 Å². The lowest BCUT2D eigenvalue weighted by atomic mass is 9.53. The molecule has 0 radical (unpaired) electrons. The lowest BCUT2D eigenvalue weighted by Gasteiger charge is -2.53. The van der Waals surface area contributed by atoms with Crippen LogP contribution in [0.5, 0.6) is 5.75 Å². The summed E-state index contributed by atoms with van der Waals surface area (Å²) in [7, 11) is 1.71. The van der Waals surface area contributed by atoms with Gasteiger partial charge in [-0.2, -0.15) is 0 Å². The number of rotatable bonds is 1.